The van der Waals surface area contributed by atoms with E-state index >= 15 is 0 Å². The van der Waals surface area contributed by atoms with Gasteiger partial charge in [-0.3, -0.25) is 4.79 Å². The Labute approximate surface area is 102 Å². The molecule has 0 bridgehead atoms. The minimum atomic E-state index is 0.304. The van der Waals surface area contributed by atoms with E-state index in [4.69, 9.17) is 11.6 Å². The number of fused-ring (bicyclic) bond motifs is 1. The van der Waals surface area contributed by atoms with Crippen molar-refractivity contribution in [1.82, 2.24) is 0 Å². The van der Waals surface area contributed by atoms with Gasteiger partial charge < -0.3 is 0 Å². The van der Waals surface area contributed by atoms with Gasteiger partial charge in [0.15, 0.2) is 0 Å². The number of halogens is 1. The van der Waals surface area contributed by atoms with E-state index in [2.05, 4.69) is 18.2 Å². The summed E-state index contributed by atoms with van der Waals surface area (Å²) in [4.78, 5) is 11.6. The highest BCUT2D eigenvalue weighted by molar-refractivity contribution is 6.17. The van der Waals surface area contributed by atoms with Crippen molar-refractivity contribution in [2.24, 2.45) is 0 Å². The Morgan fingerprint density at radius 3 is 2.88 bits per heavy atom. The van der Waals surface area contributed by atoms with Crippen LogP contribution in [0.4, 0.5) is 0 Å². The Morgan fingerprint density at radius 1 is 1.25 bits per heavy atom. The van der Waals surface area contributed by atoms with E-state index < -0.39 is 0 Å². The standard InChI is InChI=1S/C14H17ClO/c15-8-2-5-14(16)10-11-6-7-12-3-1-4-13(12)9-11/h6-7,9H,1-5,8,10H2. The fourth-order valence-corrected chi connectivity index (χ4v) is 2.45. The van der Waals surface area contributed by atoms with Gasteiger partial charge in [0.25, 0.3) is 0 Å². The van der Waals surface area contributed by atoms with Crippen LogP contribution >= 0.6 is 11.6 Å². The van der Waals surface area contributed by atoms with Crippen LogP contribution in [0.2, 0.25) is 0 Å². The Kier molecular flexibility index (Phi) is 4.00. The number of benzene rings is 1. The molecule has 0 radical (unpaired) electrons. The van der Waals surface area contributed by atoms with E-state index in [9.17, 15) is 4.79 Å². The first-order valence-electron chi connectivity index (χ1n) is 5.98. The third-order valence-electron chi connectivity index (χ3n) is 3.15. The summed E-state index contributed by atoms with van der Waals surface area (Å²) in [6.07, 6.45) is 5.63. The fraction of sp³-hybridized carbons (Fsp3) is 0.500. The van der Waals surface area contributed by atoms with E-state index in [1.54, 1.807) is 0 Å². The van der Waals surface area contributed by atoms with Crippen molar-refractivity contribution >= 4 is 17.4 Å². The highest BCUT2D eigenvalue weighted by Gasteiger charge is 2.11. The minimum Gasteiger partial charge on any atom is -0.299 e. The molecule has 0 aliphatic heterocycles. The molecule has 0 fully saturated rings. The molecule has 86 valence electrons. The van der Waals surface area contributed by atoms with Crippen molar-refractivity contribution in [3.8, 4) is 0 Å². The van der Waals surface area contributed by atoms with E-state index in [1.165, 1.54) is 36.0 Å². The molecular formula is C14H17ClO. The van der Waals surface area contributed by atoms with Crippen molar-refractivity contribution in [1.29, 1.82) is 0 Å². The first-order chi connectivity index (χ1) is 7.79. The van der Waals surface area contributed by atoms with E-state index in [1.807, 2.05) is 0 Å². The van der Waals surface area contributed by atoms with Crippen LogP contribution in [0.25, 0.3) is 0 Å². The van der Waals surface area contributed by atoms with E-state index in [0.29, 0.717) is 24.5 Å². The van der Waals surface area contributed by atoms with Crippen LogP contribution in [0.15, 0.2) is 18.2 Å². The van der Waals surface area contributed by atoms with E-state index in [0.717, 1.165) is 6.42 Å². The molecule has 2 heteroatoms. The zero-order valence-corrected chi connectivity index (χ0v) is 10.2. The van der Waals surface area contributed by atoms with Crippen LogP contribution in [0.3, 0.4) is 0 Å². The zero-order valence-electron chi connectivity index (χ0n) is 9.47. The molecule has 0 amide bonds. The van der Waals surface area contributed by atoms with Gasteiger partial charge in [-0.15, -0.1) is 11.6 Å². The predicted octanol–water partition coefficient (Wildman–Crippen LogP) is 3.31. The Balaban J connectivity index is 1.97. The molecule has 1 aliphatic rings. The normalized spacial score (nSPS) is 13.8. The van der Waals surface area contributed by atoms with Gasteiger partial charge in [0.1, 0.15) is 5.78 Å². The number of aryl methyl sites for hydroxylation is 2. The molecule has 0 spiro atoms. The number of hydrogen-bond acceptors (Lipinski definition) is 1. The molecule has 0 aromatic heterocycles. The topological polar surface area (TPSA) is 17.1 Å². The summed E-state index contributed by atoms with van der Waals surface area (Å²) in [5, 5.41) is 0. The van der Waals surface area contributed by atoms with Gasteiger partial charge in [0.2, 0.25) is 0 Å². The van der Waals surface area contributed by atoms with Gasteiger partial charge in [-0.1, -0.05) is 18.2 Å². The second-order valence-electron chi connectivity index (χ2n) is 4.46. The quantitative estimate of drug-likeness (QED) is 0.717. The summed E-state index contributed by atoms with van der Waals surface area (Å²) in [7, 11) is 0. The van der Waals surface area contributed by atoms with Crippen LogP contribution in [-0.2, 0) is 24.1 Å². The Bertz CT molecular complexity index is 384. The first-order valence-corrected chi connectivity index (χ1v) is 6.51. The van der Waals surface area contributed by atoms with Crippen molar-refractivity contribution in [2.75, 3.05) is 5.88 Å². The lowest BCUT2D eigenvalue weighted by molar-refractivity contribution is -0.118. The van der Waals surface area contributed by atoms with E-state index in [-0.39, 0.29) is 0 Å². The summed E-state index contributed by atoms with van der Waals surface area (Å²) in [6.45, 7) is 0. The molecule has 0 saturated carbocycles. The number of alkyl halides is 1. The molecule has 0 N–H and O–H groups in total. The second kappa shape index (κ2) is 5.49. The van der Waals surface area contributed by atoms with Crippen LogP contribution in [0.5, 0.6) is 0 Å². The van der Waals surface area contributed by atoms with Crippen LogP contribution in [-0.4, -0.2) is 11.7 Å². The molecule has 1 aliphatic carbocycles. The number of rotatable bonds is 5. The van der Waals surface area contributed by atoms with Crippen LogP contribution in [0, 0.1) is 0 Å². The lowest BCUT2D eigenvalue weighted by Gasteiger charge is -2.04. The highest BCUT2D eigenvalue weighted by atomic mass is 35.5. The molecule has 16 heavy (non-hydrogen) atoms. The predicted molar refractivity (Wildman–Crippen MR) is 67.1 cm³/mol. The summed E-state index contributed by atoms with van der Waals surface area (Å²) in [5.74, 6) is 0.884. The average Bonchev–Trinajstić information content (AvgIpc) is 2.73. The monoisotopic (exact) mass is 236 g/mol. The zero-order chi connectivity index (χ0) is 11.4. The Hall–Kier alpha value is -0.820. The van der Waals surface area contributed by atoms with Crippen molar-refractivity contribution in [3.05, 3.63) is 34.9 Å². The van der Waals surface area contributed by atoms with Gasteiger partial charge in [-0.25, -0.2) is 0 Å². The molecule has 1 aromatic carbocycles. The van der Waals surface area contributed by atoms with Gasteiger partial charge in [-0.05, 0) is 42.4 Å². The highest BCUT2D eigenvalue weighted by Crippen LogP contribution is 2.23. The third-order valence-corrected chi connectivity index (χ3v) is 3.42. The Morgan fingerprint density at radius 2 is 2.06 bits per heavy atom. The van der Waals surface area contributed by atoms with Gasteiger partial charge in [0.05, 0.1) is 0 Å². The number of ketones is 1. The maximum Gasteiger partial charge on any atom is 0.137 e. The summed E-state index contributed by atoms with van der Waals surface area (Å²) in [6, 6.07) is 6.50. The number of carbonyl (C=O) groups excluding carboxylic acids is 1. The van der Waals surface area contributed by atoms with Crippen molar-refractivity contribution in [3.63, 3.8) is 0 Å². The lowest BCUT2D eigenvalue weighted by Crippen LogP contribution is -2.03. The third kappa shape index (κ3) is 2.85. The fourth-order valence-electron chi connectivity index (χ4n) is 2.32. The van der Waals surface area contributed by atoms with Crippen LogP contribution in [0.1, 0.15) is 36.0 Å². The molecule has 2 rings (SSSR count). The van der Waals surface area contributed by atoms with Gasteiger partial charge in [0, 0.05) is 18.7 Å². The van der Waals surface area contributed by atoms with Crippen molar-refractivity contribution in [2.45, 2.75) is 38.5 Å². The molecule has 0 heterocycles. The first kappa shape index (κ1) is 11.7. The molecule has 0 atom stereocenters. The van der Waals surface area contributed by atoms with Crippen LogP contribution < -0.4 is 0 Å². The largest absolute Gasteiger partial charge is 0.299 e. The number of carbonyl (C=O) groups is 1. The molecule has 1 aromatic rings. The minimum absolute atomic E-state index is 0.304. The molecular weight excluding hydrogens is 220 g/mol. The number of hydrogen-bond donors (Lipinski definition) is 0. The maximum atomic E-state index is 11.6. The SMILES string of the molecule is O=C(CCCCl)Cc1ccc2c(c1)CCC2. The van der Waals surface area contributed by atoms with Gasteiger partial charge in [-0.2, -0.15) is 0 Å². The molecule has 0 unspecified atom stereocenters. The second-order valence-corrected chi connectivity index (χ2v) is 4.84. The smallest absolute Gasteiger partial charge is 0.137 e. The maximum absolute atomic E-state index is 11.6. The van der Waals surface area contributed by atoms with Gasteiger partial charge >= 0.3 is 0 Å². The summed E-state index contributed by atoms with van der Waals surface area (Å²) >= 11 is 5.57. The number of Topliss-reactive ketones (excluding diaryl/α,β-unsaturated/α-hetero) is 1. The average molecular weight is 237 g/mol. The lowest BCUT2D eigenvalue weighted by atomic mass is 10.0. The summed E-state index contributed by atoms with van der Waals surface area (Å²) in [5.41, 5.74) is 4.08. The summed E-state index contributed by atoms with van der Waals surface area (Å²) < 4.78 is 0. The molecule has 1 nitrogen and oxygen atoms in total. The van der Waals surface area contributed by atoms with Crippen molar-refractivity contribution < 1.29 is 4.79 Å². The molecule has 0 saturated heterocycles.